The standard InChI is InChI=1S/C19H26Cl2N2O2/c20-14-4-5-16(17(21)10-14)19(6-8-25-9-7-19)12-23-18(24)15-3-1-2-13(15)11-22/h4-5,10,13,15H,1-3,6-9,11-12,22H2,(H,23,24)/t13-,15-/m1/s1. The van der Waals surface area contributed by atoms with Crippen LogP contribution >= 0.6 is 23.2 Å². The van der Waals surface area contributed by atoms with Crippen molar-refractivity contribution in [1.82, 2.24) is 5.32 Å². The van der Waals surface area contributed by atoms with Gasteiger partial charge in [-0.15, -0.1) is 0 Å². The average Bonchev–Trinajstić information content (AvgIpc) is 3.09. The maximum Gasteiger partial charge on any atom is 0.223 e. The molecule has 3 N–H and O–H groups in total. The zero-order valence-electron chi connectivity index (χ0n) is 14.4. The molecule has 1 heterocycles. The summed E-state index contributed by atoms with van der Waals surface area (Å²) in [5.74, 6) is 0.483. The van der Waals surface area contributed by atoms with Crippen LogP contribution in [0, 0.1) is 11.8 Å². The van der Waals surface area contributed by atoms with Crippen molar-refractivity contribution < 1.29 is 9.53 Å². The number of carbonyl (C=O) groups is 1. The highest BCUT2D eigenvalue weighted by Crippen LogP contribution is 2.39. The second kappa shape index (κ2) is 8.26. The number of nitrogens with one attached hydrogen (secondary N) is 1. The molecular weight excluding hydrogens is 359 g/mol. The summed E-state index contributed by atoms with van der Waals surface area (Å²) in [4.78, 5) is 12.7. The first-order valence-corrected chi connectivity index (χ1v) is 9.82. The van der Waals surface area contributed by atoms with E-state index in [0.29, 0.717) is 42.3 Å². The van der Waals surface area contributed by atoms with Gasteiger partial charge in [-0.25, -0.2) is 0 Å². The Hall–Kier alpha value is -0.810. The van der Waals surface area contributed by atoms with Crippen LogP contribution in [0.2, 0.25) is 10.0 Å². The van der Waals surface area contributed by atoms with E-state index < -0.39 is 0 Å². The lowest BCUT2D eigenvalue weighted by Crippen LogP contribution is -2.47. The average molecular weight is 385 g/mol. The summed E-state index contributed by atoms with van der Waals surface area (Å²) < 4.78 is 5.55. The van der Waals surface area contributed by atoms with Crippen LogP contribution in [0.4, 0.5) is 0 Å². The molecule has 4 nitrogen and oxygen atoms in total. The van der Waals surface area contributed by atoms with E-state index in [1.807, 2.05) is 12.1 Å². The molecular formula is C19H26Cl2N2O2. The Labute approximate surface area is 159 Å². The number of carbonyl (C=O) groups excluding carboxylic acids is 1. The van der Waals surface area contributed by atoms with Crippen LogP contribution in [-0.2, 0) is 14.9 Å². The molecule has 25 heavy (non-hydrogen) atoms. The molecule has 3 rings (SSSR count). The lowest BCUT2D eigenvalue weighted by Gasteiger charge is -2.39. The number of halogens is 2. The van der Waals surface area contributed by atoms with E-state index in [-0.39, 0.29) is 17.2 Å². The predicted octanol–water partition coefficient (Wildman–Crippen LogP) is 3.53. The van der Waals surface area contributed by atoms with Crippen LogP contribution in [0.25, 0.3) is 0 Å². The van der Waals surface area contributed by atoms with Crippen LogP contribution in [0.1, 0.15) is 37.7 Å². The predicted molar refractivity (Wildman–Crippen MR) is 101 cm³/mol. The van der Waals surface area contributed by atoms with Gasteiger partial charge in [0.1, 0.15) is 0 Å². The largest absolute Gasteiger partial charge is 0.381 e. The molecule has 1 aliphatic carbocycles. The van der Waals surface area contributed by atoms with Crippen molar-refractivity contribution in [3.63, 3.8) is 0 Å². The summed E-state index contributed by atoms with van der Waals surface area (Å²) >= 11 is 12.5. The maximum absolute atomic E-state index is 12.7. The number of hydrogen-bond acceptors (Lipinski definition) is 3. The summed E-state index contributed by atoms with van der Waals surface area (Å²) in [6.07, 6.45) is 4.74. The summed E-state index contributed by atoms with van der Waals surface area (Å²) in [5, 5.41) is 4.48. The summed E-state index contributed by atoms with van der Waals surface area (Å²) in [6.45, 7) is 2.50. The van der Waals surface area contributed by atoms with Gasteiger partial charge in [-0.2, -0.15) is 0 Å². The first kappa shape index (κ1) is 19.0. The Kier molecular flexibility index (Phi) is 6.26. The fraction of sp³-hybridized carbons (Fsp3) is 0.632. The summed E-state index contributed by atoms with van der Waals surface area (Å²) in [6, 6.07) is 5.63. The van der Waals surface area contributed by atoms with Gasteiger partial charge in [0, 0.05) is 41.1 Å². The molecule has 1 aliphatic heterocycles. The monoisotopic (exact) mass is 384 g/mol. The van der Waals surface area contributed by atoms with E-state index in [9.17, 15) is 4.79 Å². The van der Waals surface area contributed by atoms with Gasteiger partial charge in [-0.3, -0.25) is 4.79 Å². The van der Waals surface area contributed by atoms with Crippen molar-refractivity contribution >= 4 is 29.1 Å². The second-order valence-corrected chi connectivity index (χ2v) is 8.11. The van der Waals surface area contributed by atoms with Gasteiger partial charge < -0.3 is 15.8 Å². The summed E-state index contributed by atoms with van der Waals surface area (Å²) in [7, 11) is 0. The van der Waals surface area contributed by atoms with E-state index >= 15 is 0 Å². The molecule has 0 unspecified atom stereocenters. The Balaban J connectivity index is 1.76. The van der Waals surface area contributed by atoms with Crippen molar-refractivity contribution in [3.8, 4) is 0 Å². The quantitative estimate of drug-likeness (QED) is 0.815. The molecule has 2 fully saturated rings. The van der Waals surface area contributed by atoms with Crippen molar-refractivity contribution in [2.45, 2.75) is 37.5 Å². The second-order valence-electron chi connectivity index (χ2n) is 7.27. The van der Waals surface area contributed by atoms with E-state index in [1.165, 1.54) is 0 Å². The normalized spacial score (nSPS) is 25.7. The SMILES string of the molecule is NC[C@H]1CCC[C@H]1C(=O)NCC1(c2ccc(Cl)cc2Cl)CCOCC1. The Morgan fingerprint density at radius 3 is 2.72 bits per heavy atom. The number of nitrogens with two attached hydrogens (primary N) is 1. The van der Waals surface area contributed by atoms with Gasteiger partial charge >= 0.3 is 0 Å². The number of ether oxygens (including phenoxy) is 1. The van der Waals surface area contributed by atoms with E-state index in [0.717, 1.165) is 37.7 Å². The minimum atomic E-state index is -0.202. The number of amides is 1. The molecule has 1 aromatic rings. The summed E-state index contributed by atoms with van der Waals surface area (Å²) in [5.41, 5.74) is 6.67. The lowest BCUT2D eigenvalue weighted by atomic mass is 9.74. The fourth-order valence-electron chi connectivity index (χ4n) is 4.27. The minimum absolute atomic E-state index is 0.0441. The van der Waals surface area contributed by atoms with Gasteiger partial charge in [0.15, 0.2) is 0 Å². The zero-order valence-corrected chi connectivity index (χ0v) is 15.9. The van der Waals surface area contributed by atoms with E-state index in [2.05, 4.69) is 5.32 Å². The van der Waals surface area contributed by atoms with E-state index in [1.54, 1.807) is 6.07 Å². The van der Waals surface area contributed by atoms with Crippen molar-refractivity contribution in [2.24, 2.45) is 17.6 Å². The van der Waals surface area contributed by atoms with Crippen LogP contribution in [0.3, 0.4) is 0 Å². The molecule has 1 amide bonds. The van der Waals surface area contributed by atoms with Gasteiger partial charge in [0.2, 0.25) is 5.91 Å². The Morgan fingerprint density at radius 1 is 1.28 bits per heavy atom. The molecule has 1 saturated carbocycles. The molecule has 138 valence electrons. The number of rotatable bonds is 5. The molecule has 2 aliphatic rings. The molecule has 0 radical (unpaired) electrons. The van der Waals surface area contributed by atoms with Gasteiger partial charge in [-0.1, -0.05) is 35.7 Å². The van der Waals surface area contributed by atoms with Crippen LogP contribution in [0.15, 0.2) is 18.2 Å². The molecule has 0 aromatic heterocycles. The third kappa shape index (κ3) is 4.13. The third-order valence-electron chi connectivity index (χ3n) is 5.85. The van der Waals surface area contributed by atoms with Crippen molar-refractivity contribution in [2.75, 3.05) is 26.3 Å². The number of benzene rings is 1. The molecule has 0 bridgehead atoms. The molecule has 6 heteroatoms. The third-order valence-corrected chi connectivity index (χ3v) is 6.40. The molecule has 1 aromatic carbocycles. The first-order chi connectivity index (χ1) is 12.1. The van der Waals surface area contributed by atoms with Crippen LogP contribution in [-0.4, -0.2) is 32.2 Å². The van der Waals surface area contributed by atoms with Gasteiger partial charge in [0.05, 0.1) is 0 Å². The number of hydrogen-bond donors (Lipinski definition) is 2. The minimum Gasteiger partial charge on any atom is -0.381 e. The van der Waals surface area contributed by atoms with Gasteiger partial charge in [-0.05, 0) is 55.8 Å². The van der Waals surface area contributed by atoms with Crippen LogP contribution < -0.4 is 11.1 Å². The Morgan fingerprint density at radius 2 is 2.04 bits per heavy atom. The smallest absolute Gasteiger partial charge is 0.223 e. The highest BCUT2D eigenvalue weighted by atomic mass is 35.5. The van der Waals surface area contributed by atoms with Crippen LogP contribution in [0.5, 0.6) is 0 Å². The highest BCUT2D eigenvalue weighted by Gasteiger charge is 2.38. The molecule has 2 atom stereocenters. The van der Waals surface area contributed by atoms with Crippen molar-refractivity contribution in [1.29, 1.82) is 0 Å². The molecule has 1 saturated heterocycles. The zero-order chi connectivity index (χ0) is 17.9. The Bertz CT molecular complexity index is 617. The van der Waals surface area contributed by atoms with Gasteiger partial charge in [0.25, 0.3) is 0 Å². The maximum atomic E-state index is 12.7. The highest BCUT2D eigenvalue weighted by molar-refractivity contribution is 6.35. The van der Waals surface area contributed by atoms with Crippen molar-refractivity contribution in [3.05, 3.63) is 33.8 Å². The first-order valence-electron chi connectivity index (χ1n) is 9.07. The fourth-order valence-corrected chi connectivity index (χ4v) is 4.88. The lowest BCUT2D eigenvalue weighted by molar-refractivity contribution is -0.126. The van der Waals surface area contributed by atoms with E-state index in [4.69, 9.17) is 33.7 Å². The topological polar surface area (TPSA) is 64.4 Å². The molecule has 0 spiro atoms.